The van der Waals surface area contributed by atoms with Crippen molar-refractivity contribution in [2.75, 3.05) is 0 Å². The van der Waals surface area contributed by atoms with E-state index in [-0.39, 0.29) is 6.42 Å². The summed E-state index contributed by atoms with van der Waals surface area (Å²) in [6.07, 6.45) is 0.0541. The van der Waals surface area contributed by atoms with Crippen LogP contribution in [0.15, 0.2) is 29.2 Å². The van der Waals surface area contributed by atoms with Crippen molar-refractivity contribution in [3.05, 3.63) is 46.2 Å². The van der Waals surface area contributed by atoms with Crippen LogP contribution in [0.2, 0.25) is 5.15 Å². The molecule has 0 aliphatic heterocycles. The highest BCUT2D eigenvalue weighted by molar-refractivity contribution is 7.98. The number of benzene rings is 1. The highest BCUT2D eigenvalue weighted by Crippen LogP contribution is 2.28. The van der Waals surface area contributed by atoms with Crippen molar-refractivity contribution in [3.63, 3.8) is 0 Å². The smallest absolute Gasteiger partial charge is 0.307 e. The Balaban J connectivity index is 2.02. The molecular formula is C14H15ClN2O2S. The molecule has 1 aromatic carbocycles. The highest BCUT2D eigenvalue weighted by Gasteiger charge is 2.11. The summed E-state index contributed by atoms with van der Waals surface area (Å²) in [7, 11) is 1.82. The average molecular weight is 311 g/mol. The molecule has 0 aliphatic carbocycles. The Morgan fingerprint density at radius 3 is 2.55 bits per heavy atom. The fraction of sp³-hybridized carbons (Fsp3) is 0.286. The number of rotatable bonds is 5. The first kappa shape index (κ1) is 14.9. The van der Waals surface area contributed by atoms with E-state index in [0.29, 0.717) is 5.15 Å². The lowest BCUT2D eigenvalue weighted by Gasteiger charge is -2.03. The summed E-state index contributed by atoms with van der Waals surface area (Å²) >= 11 is 7.84. The van der Waals surface area contributed by atoms with E-state index in [1.165, 1.54) is 0 Å². The van der Waals surface area contributed by atoms with Crippen molar-refractivity contribution in [2.45, 2.75) is 24.0 Å². The molecule has 0 spiro atoms. The number of aromatic nitrogens is 2. The molecule has 1 N–H and O–H groups in total. The van der Waals surface area contributed by atoms with E-state index in [1.54, 1.807) is 16.4 Å². The van der Waals surface area contributed by atoms with Crippen LogP contribution < -0.4 is 0 Å². The lowest BCUT2D eigenvalue weighted by atomic mass is 10.2. The van der Waals surface area contributed by atoms with Gasteiger partial charge in [-0.2, -0.15) is 5.10 Å². The maximum atomic E-state index is 10.6. The molecule has 0 amide bonds. The van der Waals surface area contributed by atoms with Gasteiger partial charge in [0.2, 0.25) is 0 Å². The number of carboxylic acid groups (broad SMARTS) is 1. The molecule has 2 rings (SSSR count). The largest absolute Gasteiger partial charge is 0.481 e. The van der Waals surface area contributed by atoms with Crippen molar-refractivity contribution >= 4 is 29.3 Å². The third-order valence-corrected chi connectivity index (χ3v) is 4.44. The molecule has 106 valence electrons. The number of nitrogens with zero attached hydrogens (tertiary/aromatic N) is 2. The third-order valence-electron chi connectivity index (χ3n) is 2.93. The number of halogens is 1. The Bertz CT molecular complexity index is 623. The van der Waals surface area contributed by atoms with Crippen molar-refractivity contribution in [3.8, 4) is 0 Å². The van der Waals surface area contributed by atoms with E-state index in [1.807, 2.05) is 38.2 Å². The molecule has 0 fully saturated rings. The normalized spacial score (nSPS) is 10.8. The van der Waals surface area contributed by atoms with E-state index in [9.17, 15) is 4.79 Å². The first-order valence-electron chi connectivity index (χ1n) is 6.09. The van der Waals surface area contributed by atoms with Gasteiger partial charge in [-0.3, -0.25) is 9.48 Å². The molecule has 0 unspecified atom stereocenters. The molecule has 2 aromatic rings. The Hall–Kier alpha value is -1.46. The lowest BCUT2D eigenvalue weighted by Crippen LogP contribution is -1.99. The van der Waals surface area contributed by atoms with E-state index in [2.05, 4.69) is 5.10 Å². The predicted octanol–water partition coefficient (Wildman–Crippen LogP) is 3.30. The predicted molar refractivity (Wildman–Crippen MR) is 80.3 cm³/mol. The van der Waals surface area contributed by atoms with Gasteiger partial charge in [-0.1, -0.05) is 23.7 Å². The first-order valence-corrected chi connectivity index (χ1v) is 7.45. The van der Waals surface area contributed by atoms with Crippen molar-refractivity contribution in [2.24, 2.45) is 7.05 Å². The second-order valence-electron chi connectivity index (χ2n) is 4.48. The zero-order chi connectivity index (χ0) is 14.7. The van der Waals surface area contributed by atoms with E-state index < -0.39 is 5.97 Å². The zero-order valence-corrected chi connectivity index (χ0v) is 12.8. The number of aryl methyl sites for hydroxylation is 2. The van der Waals surface area contributed by atoms with Crippen LogP contribution >= 0.6 is 23.4 Å². The minimum atomic E-state index is -0.817. The third kappa shape index (κ3) is 3.55. The molecule has 0 saturated heterocycles. The van der Waals surface area contributed by atoms with Crippen LogP contribution in [0.3, 0.4) is 0 Å². The molecule has 1 aromatic heterocycles. The molecule has 0 radical (unpaired) electrons. The topological polar surface area (TPSA) is 55.1 Å². The Labute approximate surface area is 126 Å². The number of carboxylic acids is 1. The minimum absolute atomic E-state index is 0.0541. The molecule has 0 atom stereocenters. The van der Waals surface area contributed by atoms with Crippen molar-refractivity contribution in [1.82, 2.24) is 9.78 Å². The summed E-state index contributed by atoms with van der Waals surface area (Å²) < 4.78 is 1.67. The molecule has 6 heteroatoms. The van der Waals surface area contributed by atoms with Crippen LogP contribution in [0, 0.1) is 6.92 Å². The maximum absolute atomic E-state index is 10.6. The van der Waals surface area contributed by atoms with Gasteiger partial charge >= 0.3 is 5.97 Å². The molecule has 0 aliphatic rings. The van der Waals surface area contributed by atoms with E-state index >= 15 is 0 Å². The van der Waals surface area contributed by atoms with Crippen LogP contribution in [-0.4, -0.2) is 20.9 Å². The quantitative estimate of drug-likeness (QED) is 0.861. The number of carbonyl (C=O) groups is 1. The number of aliphatic carboxylic acids is 1. The van der Waals surface area contributed by atoms with Crippen molar-refractivity contribution < 1.29 is 9.90 Å². The summed E-state index contributed by atoms with van der Waals surface area (Å²) in [6.45, 7) is 1.94. The van der Waals surface area contributed by atoms with Gasteiger partial charge < -0.3 is 5.11 Å². The zero-order valence-electron chi connectivity index (χ0n) is 11.3. The number of hydrogen-bond acceptors (Lipinski definition) is 3. The molecule has 0 bridgehead atoms. The van der Waals surface area contributed by atoms with Crippen LogP contribution in [0.5, 0.6) is 0 Å². The lowest BCUT2D eigenvalue weighted by molar-refractivity contribution is -0.136. The van der Waals surface area contributed by atoms with Gasteiger partial charge in [0.1, 0.15) is 5.15 Å². The van der Waals surface area contributed by atoms with Gasteiger partial charge in [0.25, 0.3) is 0 Å². The van der Waals surface area contributed by atoms with Gasteiger partial charge in [0, 0.05) is 23.3 Å². The average Bonchev–Trinajstić information content (AvgIpc) is 2.62. The molecule has 1 heterocycles. The Morgan fingerprint density at radius 1 is 1.40 bits per heavy atom. The maximum Gasteiger partial charge on any atom is 0.307 e. The molecule has 0 saturated carbocycles. The van der Waals surface area contributed by atoms with E-state index in [0.717, 1.165) is 27.5 Å². The minimum Gasteiger partial charge on any atom is -0.481 e. The fourth-order valence-corrected chi connectivity index (χ4v) is 3.18. The SMILES string of the molecule is Cc1nn(C)c(Cl)c1CSc1ccc(CC(=O)O)cc1. The monoisotopic (exact) mass is 310 g/mol. The summed E-state index contributed by atoms with van der Waals surface area (Å²) in [4.78, 5) is 11.7. The molecule has 20 heavy (non-hydrogen) atoms. The summed E-state index contributed by atoms with van der Waals surface area (Å²) in [6, 6.07) is 7.55. The van der Waals surface area contributed by atoms with Crippen LogP contribution in [0.1, 0.15) is 16.8 Å². The van der Waals surface area contributed by atoms with Gasteiger partial charge in [-0.15, -0.1) is 11.8 Å². The van der Waals surface area contributed by atoms with Gasteiger partial charge in [0.05, 0.1) is 12.1 Å². The Morgan fingerprint density at radius 2 is 2.05 bits per heavy atom. The first-order chi connectivity index (χ1) is 9.47. The van der Waals surface area contributed by atoms with Crippen LogP contribution in [0.25, 0.3) is 0 Å². The van der Waals surface area contributed by atoms with Gasteiger partial charge in [-0.25, -0.2) is 0 Å². The summed E-state index contributed by atoms with van der Waals surface area (Å²) in [5.74, 6) is -0.0697. The fourth-order valence-electron chi connectivity index (χ4n) is 1.87. The second kappa shape index (κ2) is 6.33. The molecular weight excluding hydrogens is 296 g/mol. The van der Waals surface area contributed by atoms with Gasteiger partial charge in [0.15, 0.2) is 0 Å². The van der Waals surface area contributed by atoms with Gasteiger partial charge in [-0.05, 0) is 24.6 Å². The summed E-state index contributed by atoms with van der Waals surface area (Å²) in [5.41, 5.74) is 2.78. The second-order valence-corrected chi connectivity index (χ2v) is 5.89. The number of thioether (sulfide) groups is 1. The van der Waals surface area contributed by atoms with E-state index in [4.69, 9.17) is 16.7 Å². The Kier molecular flexibility index (Phi) is 4.73. The van der Waals surface area contributed by atoms with Crippen LogP contribution in [-0.2, 0) is 24.0 Å². The van der Waals surface area contributed by atoms with Crippen LogP contribution in [0.4, 0.5) is 0 Å². The summed E-state index contributed by atoms with van der Waals surface area (Å²) in [5, 5.41) is 13.7. The standard InChI is InChI=1S/C14H15ClN2O2S/c1-9-12(14(15)17(2)16-9)8-20-11-5-3-10(4-6-11)7-13(18)19/h3-6H,7-8H2,1-2H3,(H,18,19). The molecule has 4 nitrogen and oxygen atoms in total. The van der Waals surface area contributed by atoms with Crippen molar-refractivity contribution in [1.29, 1.82) is 0 Å². The number of hydrogen-bond donors (Lipinski definition) is 1. The highest BCUT2D eigenvalue weighted by atomic mass is 35.5.